The summed E-state index contributed by atoms with van der Waals surface area (Å²) in [6.07, 6.45) is -1.71. The summed E-state index contributed by atoms with van der Waals surface area (Å²) < 4.78 is 8.54. The van der Waals surface area contributed by atoms with Gasteiger partial charge in [-0.05, 0) is 6.42 Å². The molecule has 4 heterocycles. The molecular weight excluding hydrogens is 302 g/mol. The lowest BCUT2D eigenvalue weighted by Gasteiger charge is -2.20. The molecule has 2 aromatic rings. The zero-order valence-corrected chi connectivity index (χ0v) is 12.7. The van der Waals surface area contributed by atoms with Crippen molar-refractivity contribution in [2.45, 2.75) is 50.8 Å². The molecule has 4 rings (SSSR count). The molecule has 4 atom stereocenters. The quantitative estimate of drug-likeness (QED) is 0.647. The number of nitrogens with one attached hydrogen (secondary N) is 1. The van der Waals surface area contributed by atoms with Gasteiger partial charge in [-0.3, -0.25) is 9.36 Å². The van der Waals surface area contributed by atoms with Crippen LogP contribution in [-0.4, -0.2) is 54.6 Å². The highest BCUT2D eigenvalue weighted by atomic mass is 16.6. The molecule has 9 nitrogen and oxygen atoms in total. The van der Waals surface area contributed by atoms with Crippen molar-refractivity contribution in [3.63, 3.8) is 0 Å². The fraction of sp³-hybridized carbons (Fsp3) is 0.643. The number of rotatable bonds is 4. The van der Waals surface area contributed by atoms with Crippen LogP contribution in [0.4, 0.5) is 5.69 Å². The van der Waals surface area contributed by atoms with Crippen molar-refractivity contribution >= 4 is 16.9 Å². The van der Waals surface area contributed by atoms with E-state index in [1.54, 1.807) is 4.68 Å². The van der Waals surface area contributed by atoms with Crippen molar-refractivity contribution < 1.29 is 14.9 Å². The molecule has 1 fully saturated rings. The first kappa shape index (κ1) is 14.6. The highest BCUT2D eigenvalue weighted by Crippen LogP contribution is 2.35. The van der Waals surface area contributed by atoms with E-state index in [9.17, 15) is 15.0 Å². The van der Waals surface area contributed by atoms with Crippen molar-refractivity contribution in [3.05, 3.63) is 16.4 Å². The largest absolute Gasteiger partial charge is 0.387 e. The van der Waals surface area contributed by atoms with E-state index in [2.05, 4.69) is 22.6 Å². The van der Waals surface area contributed by atoms with Gasteiger partial charge in [0.05, 0.1) is 12.2 Å². The second-order valence-corrected chi connectivity index (χ2v) is 6.04. The Hall–Kier alpha value is -1.97. The van der Waals surface area contributed by atoms with E-state index in [1.165, 1.54) is 10.6 Å². The van der Waals surface area contributed by atoms with Gasteiger partial charge in [0.25, 0.3) is 5.56 Å². The van der Waals surface area contributed by atoms with Crippen LogP contribution in [0.5, 0.6) is 0 Å². The molecule has 0 spiro atoms. The molecule has 0 amide bonds. The predicted octanol–water partition coefficient (Wildman–Crippen LogP) is -0.562. The minimum atomic E-state index is -1.15. The summed E-state index contributed by atoms with van der Waals surface area (Å²) in [6, 6.07) is 1.44. The molecular formula is C14H19N5O4. The number of unbranched alkanes of at least 4 members (excludes halogenated alkanes) is 1. The molecule has 0 aromatic carbocycles. The van der Waals surface area contributed by atoms with E-state index in [0.29, 0.717) is 16.9 Å². The minimum absolute atomic E-state index is 0.239. The van der Waals surface area contributed by atoms with Crippen LogP contribution in [0.15, 0.2) is 10.9 Å². The SMILES string of the molecule is CCCCNc1cc(=O)n2c3c1nnn3C[C@H]1O[C@@H]2[C@H](O)[C@@H]1O. The summed E-state index contributed by atoms with van der Waals surface area (Å²) >= 11 is 0. The number of fused-ring (bicyclic) bond motifs is 3. The van der Waals surface area contributed by atoms with Gasteiger partial charge in [-0.1, -0.05) is 18.6 Å². The Bertz CT molecular complexity index is 800. The first-order valence-electron chi connectivity index (χ1n) is 7.86. The Balaban J connectivity index is 1.87. The van der Waals surface area contributed by atoms with Gasteiger partial charge in [0.15, 0.2) is 17.4 Å². The summed E-state index contributed by atoms with van der Waals surface area (Å²) in [5, 5.41) is 31.7. The minimum Gasteiger partial charge on any atom is -0.387 e. The number of aromatic nitrogens is 4. The first-order chi connectivity index (χ1) is 11.1. The van der Waals surface area contributed by atoms with E-state index in [0.717, 1.165) is 19.4 Å². The summed E-state index contributed by atoms with van der Waals surface area (Å²) in [5.41, 5.74) is 1.39. The van der Waals surface area contributed by atoms with Gasteiger partial charge in [0.2, 0.25) is 0 Å². The summed E-state index contributed by atoms with van der Waals surface area (Å²) in [4.78, 5) is 12.6. The second-order valence-electron chi connectivity index (χ2n) is 6.04. The smallest absolute Gasteiger partial charge is 0.256 e. The maximum Gasteiger partial charge on any atom is 0.256 e. The van der Waals surface area contributed by atoms with Gasteiger partial charge >= 0.3 is 0 Å². The summed E-state index contributed by atoms with van der Waals surface area (Å²) in [6.45, 7) is 3.07. The average molecular weight is 321 g/mol. The standard InChI is InChI=1S/C14H19N5O4/c1-2-3-4-15-7-5-9(20)19-13-10(7)16-17-18(13)6-8-11(21)12(22)14(19)23-8/h5,8,11-12,14-15,21-22H,2-4,6H2,1H3/t8-,11-,12-,14-/m1/s1. The third kappa shape index (κ3) is 2.07. The normalized spacial score (nSPS) is 29.0. The van der Waals surface area contributed by atoms with Crippen LogP contribution in [0, 0.1) is 0 Å². The van der Waals surface area contributed by atoms with E-state index in [-0.39, 0.29) is 12.1 Å². The Morgan fingerprint density at radius 1 is 1.43 bits per heavy atom. The predicted molar refractivity (Wildman–Crippen MR) is 81.1 cm³/mol. The third-order valence-electron chi connectivity index (χ3n) is 4.49. The zero-order valence-electron chi connectivity index (χ0n) is 12.7. The monoisotopic (exact) mass is 321 g/mol. The highest BCUT2D eigenvalue weighted by Gasteiger charge is 2.47. The molecule has 9 heteroatoms. The molecule has 0 unspecified atom stereocenters. The Morgan fingerprint density at radius 2 is 2.26 bits per heavy atom. The van der Waals surface area contributed by atoms with Crippen LogP contribution >= 0.6 is 0 Å². The molecule has 0 radical (unpaired) electrons. The molecule has 0 aliphatic carbocycles. The molecule has 0 saturated carbocycles. The zero-order chi connectivity index (χ0) is 16.1. The third-order valence-corrected chi connectivity index (χ3v) is 4.49. The van der Waals surface area contributed by atoms with E-state index >= 15 is 0 Å². The van der Waals surface area contributed by atoms with Gasteiger partial charge in [-0.25, -0.2) is 4.68 Å². The van der Waals surface area contributed by atoms with Crippen LogP contribution in [0.25, 0.3) is 11.2 Å². The number of nitrogens with zero attached hydrogens (tertiary/aromatic N) is 4. The number of hydrogen-bond donors (Lipinski definition) is 3. The lowest BCUT2D eigenvalue weighted by molar-refractivity contribution is -0.0351. The molecule has 2 aliphatic rings. The summed E-state index contributed by atoms with van der Waals surface area (Å²) in [5.74, 6) is 0. The van der Waals surface area contributed by atoms with Crippen LogP contribution < -0.4 is 10.9 Å². The number of anilines is 1. The van der Waals surface area contributed by atoms with Crippen molar-refractivity contribution in [1.82, 2.24) is 19.6 Å². The van der Waals surface area contributed by atoms with Crippen molar-refractivity contribution in [3.8, 4) is 0 Å². The van der Waals surface area contributed by atoms with Gasteiger partial charge in [-0.15, -0.1) is 5.10 Å². The van der Waals surface area contributed by atoms with E-state index in [1.807, 2.05) is 0 Å². The highest BCUT2D eigenvalue weighted by molar-refractivity contribution is 5.85. The van der Waals surface area contributed by atoms with Crippen LogP contribution in [0.3, 0.4) is 0 Å². The Labute approximate surface area is 131 Å². The Morgan fingerprint density at radius 3 is 3.04 bits per heavy atom. The molecule has 2 aromatic heterocycles. The number of aliphatic hydroxyl groups is 2. The maximum atomic E-state index is 12.6. The average Bonchev–Trinajstić information content (AvgIpc) is 2.99. The van der Waals surface area contributed by atoms with Gasteiger partial charge < -0.3 is 20.3 Å². The lowest BCUT2D eigenvalue weighted by Crippen LogP contribution is -2.38. The number of ether oxygens (including phenoxy) is 1. The molecule has 1 saturated heterocycles. The van der Waals surface area contributed by atoms with Crippen molar-refractivity contribution in [2.75, 3.05) is 11.9 Å². The van der Waals surface area contributed by atoms with Gasteiger partial charge in [0, 0.05) is 12.6 Å². The van der Waals surface area contributed by atoms with Crippen LogP contribution in [-0.2, 0) is 11.3 Å². The fourth-order valence-corrected chi connectivity index (χ4v) is 3.25. The first-order valence-corrected chi connectivity index (χ1v) is 7.86. The van der Waals surface area contributed by atoms with Crippen LogP contribution in [0.1, 0.15) is 26.0 Å². The molecule has 124 valence electrons. The molecule has 3 N–H and O–H groups in total. The Kier molecular flexibility index (Phi) is 3.36. The van der Waals surface area contributed by atoms with Gasteiger partial charge in [-0.2, -0.15) is 0 Å². The molecule has 2 bridgehead atoms. The lowest BCUT2D eigenvalue weighted by atomic mass is 10.1. The number of aliphatic hydroxyl groups excluding tert-OH is 2. The van der Waals surface area contributed by atoms with E-state index < -0.39 is 24.5 Å². The number of hydrogen-bond acceptors (Lipinski definition) is 7. The van der Waals surface area contributed by atoms with Crippen molar-refractivity contribution in [2.24, 2.45) is 0 Å². The molecule has 23 heavy (non-hydrogen) atoms. The maximum absolute atomic E-state index is 12.6. The summed E-state index contributed by atoms with van der Waals surface area (Å²) in [7, 11) is 0. The topological polar surface area (TPSA) is 114 Å². The fourth-order valence-electron chi connectivity index (χ4n) is 3.25. The number of pyridine rings is 1. The van der Waals surface area contributed by atoms with Crippen molar-refractivity contribution in [1.29, 1.82) is 0 Å². The van der Waals surface area contributed by atoms with Crippen LogP contribution in [0.2, 0.25) is 0 Å². The molecule has 2 aliphatic heterocycles. The van der Waals surface area contributed by atoms with E-state index in [4.69, 9.17) is 4.74 Å². The second kappa shape index (κ2) is 5.29. The van der Waals surface area contributed by atoms with Gasteiger partial charge in [0.1, 0.15) is 18.3 Å².